The number of hydrogen-bond donors (Lipinski definition) is 0. The molecule has 0 radical (unpaired) electrons. The number of nitrogens with zero attached hydrogens (tertiary/aromatic N) is 2. The second-order valence-corrected chi connectivity index (χ2v) is 13.5. The summed E-state index contributed by atoms with van der Waals surface area (Å²) in [6.07, 6.45) is 7.57. The van der Waals surface area contributed by atoms with E-state index in [0.717, 1.165) is 82.8 Å². The Bertz CT molecular complexity index is 1090. The van der Waals surface area contributed by atoms with Crippen LogP contribution in [0.15, 0.2) is 42.5 Å². The highest BCUT2D eigenvalue weighted by Crippen LogP contribution is 2.33. The van der Waals surface area contributed by atoms with Gasteiger partial charge in [0.1, 0.15) is 11.6 Å². The molecule has 0 unspecified atom stereocenters. The number of hydrogen-bond acceptors (Lipinski definition) is 2. The van der Waals surface area contributed by atoms with Crippen molar-refractivity contribution in [2.24, 2.45) is 11.3 Å². The van der Waals surface area contributed by atoms with E-state index in [1.807, 2.05) is 30.9 Å². The van der Waals surface area contributed by atoms with Crippen LogP contribution in [0.1, 0.15) is 117 Å². The van der Waals surface area contributed by atoms with Crippen molar-refractivity contribution in [3.05, 3.63) is 70.2 Å². The van der Waals surface area contributed by atoms with Crippen LogP contribution in [-0.2, 0) is 16.0 Å². The van der Waals surface area contributed by atoms with Gasteiger partial charge in [0.15, 0.2) is 0 Å². The molecule has 2 aromatic carbocycles. The predicted octanol–water partition coefficient (Wildman–Crippen LogP) is 10.1. The molecular weight excluding hydrogens is 578 g/mol. The molecule has 44 heavy (non-hydrogen) atoms. The van der Waals surface area contributed by atoms with Gasteiger partial charge in [-0.25, -0.2) is 8.78 Å². The highest BCUT2D eigenvalue weighted by Gasteiger charge is 2.29. The Hall–Kier alpha value is -2.47. The molecule has 2 aliphatic rings. The molecule has 0 spiro atoms. The molecule has 248 valence electrons. The SMILES string of the molecule is CC.CC(C)(C)C.CCCC(CCC)C(=O)N1CCC(c2ccc(Cl)cc2CC(=O)N2CCC2)CC1.Fc1cccc(F)c1. The first-order valence-electron chi connectivity index (χ1n) is 16.6. The molecule has 2 fully saturated rings. The Labute approximate surface area is 271 Å². The largest absolute Gasteiger partial charge is 0.342 e. The Morgan fingerprint density at radius 2 is 1.39 bits per heavy atom. The Kier molecular flexibility index (Phi) is 18.5. The van der Waals surface area contributed by atoms with Crippen molar-refractivity contribution in [2.75, 3.05) is 26.2 Å². The second kappa shape index (κ2) is 20.5. The fraction of sp³-hybridized carbons (Fsp3) is 0.622. The third-order valence-electron chi connectivity index (χ3n) is 7.31. The van der Waals surface area contributed by atoms with Crippen molar-refractivity contribution >= 4 is 23.4 Å². The van der Waals surface area contributed by atoms with Crippen molar-refractivity contribution in [1.82, 2.24) is 9.80 Å². The van der Waals surface area contributed by atoms with Crippen LogP contribution < -0.4 is 0 Å². The van der Waals surface area contributed by atoms with Gasteiger partial charge in [-0.2, -0.15) is 0 Å². The van der Waals surface area contributed by atoms with Gasteiger partial charge < -0.3 is 9.80 Å². The smallest absolute Gasteiger partial charge is 0.227 e. The summed E-state index contributed by atoms with van der Waals surface area (Å²) in [5.41, 5.74) is 2.81. The molecular formula is C37H57ClF2N2O2. The van der Waals surface area contributed by atoms with Crippen LogP contribution in [-0.4, -0.2) is 47.8 Å². The summed E-state index contributed by atoms with van der Waals surface area (Å²) in [5, 5.41) is 0.690. The average molecular weight is 635 g/mol. The van der Waals surface area contributed by atoms with E-state index in [1.165, 1.54) is 23.8 Å². The van der Waals surface area contributed by atoms with E-state index in [-0.39, 0.29) is 11.8 Å². The van der Waals surface area contributed by atoms with Crippen LogP contribution in [0, 0.1) is 23.0 Å². The van der Waals surface area contributed by atoms with Gasteiger partial charge in [-0.05, 0) is 78.8 Å². The van der Waals surface area contributed by atoms with Gasteiger partial charge in [-0.3, -0.25) is 9.59 Å². The minimum atomic E-state index is -0.537. The zero-order valence-electron chi connectivity index (χ0n) is 28.5. The fourth-order valence-electron chi connectivity index (χ4n) is 5.18. The number of carbonyl (C=O) groups excluding carboxylic acids is 2. The van der Waals surface area contributed by atoms with Crippen LogP contribution in [0.25, 0.3) is 0 Å². The van der Waals surface area contributed by atoms with Crippen LogP contribution in [0.4, 0.5) is 8.78 Å². The molecule has 2 aromatic rings. The third kappa shape index (κ3) is 15.0. The van der Waals surface area contributed by atoms with Crippen LogP contribution in [0.3, 0.4) is 0 Å². The third-order valence-corrected chi connectivity index (χ3v) is 7.55. The number of benzene rings is 2. The van der Waals surface area contributed by atoms with Gasteiger partial charge in [-0.1, -0.05) is 92.0 Å². The first-order chi connectivity index (χ1) is 20.8. The first kappa shape index (κ1) is 39.6. The Balaban J connectivity index is 0.000000531. The fourth-order valence-corrected chi connectivity index (χ4v) is 5.38. The van der Waals surface area contributed by atoms with Crippen molar-refractivity contribution in [1.29, 1.82) is 0 Å². The molecule has 0 aromatic heterocycles. The molecule has 7 heteroatoms. The number of likely N-dealkylation sites (tertiary alicyclic amines) is 2. The van der Waals surface area contributed by atoms with E-state index in [9.17, 15) is 18.4 Å². The van der Waals surface area contributed by atoms with Gasteiger partial charge in [0.05, 0.1) is 6.42 Å². The topological polar surface area (TPSA) is 40.6 Å². The monoisotopic (exact) mass is 634 g/mol. The highest BCUT2D eigenvalue weighted by molar-refractivity contribution is 6.30. The number of rotatable bonds is 8. The first-order valence-corrected chi connectivity index (χ1v) is 17.0. The molecule has 2 amide bonds. The summed E-state index contributed by atoms with van der Waals surface area (Å²) >= 11 is 6.25. The lowest BCUT2D eigenvalue weighted by atomic mass is 9.84. The lowest BCUT2D eigenvalue weighted by molar-refractivity contribution is -0.137. The van der Waals surface area contributed by atoms with Crippen LogP contribution in [0.5, 0.6) is 0 Å². The number of piperidine rings is 1. The van der Waals surface area contributed by atoms with Gasteiger partial charge >= 0.3 is 0 Å². The maximum atomic E-state index is 13.0. The summed E-state index contributed by atoms with van der Waals surface area (Å²) in [7, 11) is 0. The number of carbonyl (C=O) groups is 2. The van der Waals surface area contributed by atoms with Gasteiger partial charge in [0, 0.05) is 43.2 Å². The Morgan fingerprint density at radius 3 is 1.80 bits per heavy atom. The van der Waals surface area contributed by atoms with Gasteiger partial charge in [0.25, 0.3) is 0 Å². The number of amides is 2. The molecule has 2 heterocycles. The van der Waals surface area contributed by atoms with E-state index in [2.05, 4.69) is 52.5 Å². The van der Waals surface area contributed by atoms with Crippen LogP contribution >= 0.6 is 11.6 Å². The summed E-state index contributed by atoms with van der Waals surface area (Å²) < 4.78 is 23.9. The standard InChI is InChI=1S/C24H35ClN2O2.C6H4F2.C5H12.C2H6/c1-3-6-19(7-4-2)24(29)27-14-10-18(11-15-27)22-9-8-21(25)16-20(22)17-23(28)26-12-5-13-26;7-5-2-1-3-6(8)4-5;1-5(2,3)4;1-2/h8-9,16,18-19H,3-7,10-15,17H2,1-2H3;1-4H;1-4H3;1-2H3. The summed E-state index contributed by atoms with van der Waals surface area (Å²) in [4.78, 5) is 29.5. The normalized spacial score (nSPS) is 14.7. The second-order valence-electron chi connectivity index (χ2n) is 13.1. The number of halogens is 3. The van der Waals surface area contributed by atoms with Crippen molar-refractivity contribution < 1.29 is 18.4 Å². The molecule has 2 saturated heterocycles. The summed E-state index contributed by atoms with van der Waals surface area (Å²) in [6, 6.07) is 10.5. The lowest BCUT2D eigenvalue weighted by Gasteiger charge is -2.35. The van der Waals surface area contributed by atoms with Crippen molar-refractivity contribution in [3.8, 4) is 0 Å². The van der Waals surface area contributed by atoms with E-state index in [4.69, 9.17) is 11.6 Å². The van der Waals surface area contributed by atoms with Crippen molar-refractivity contribution in [3.63, 3.8) is 0 Å². The zero-order chi connectivity index (χ0) is 33.3. The maximum absolute atomic E-state index is 13.0. The molecule has 0 N–H and O–H groups in total. The minimum Gasteiger partial charge on any atom is -0.342 e. The molecule has 0 atom stereocenters. The average Bonchev–Trinajstić information content (AvgIpc) is 2.92. The van der Waals surface area contributed by atoms with E-state index >= 15 is 0 Å². The molecule has 0 aliphatic carbocycles. The minimum absolute atomic E-state index is 0.182. The molecule has 4 nitrogen and oxygen atoms in total. The summed E-state index contributed by atoms with van der Waals surface area (Å²) in [6.45, 7) is 20.5. The lowest BCUT2D eigenvalue weighted by Crippen LogP contribution is -2.43. The Morgan fingerprint density at radius 1 is 0.864 bits per heavy atom. The zero-order valence-corrected chi connectivity index (χ0v) is 29.3. The quantitative estimate of drug-likeness (QED) is 0.290. The molecule has 0 bridgehead atoms. The molecule has 2 aliphatic heterocycles. The van der Waals surface area contributed by atoms with E-state index in [0.29, 0.717) is 28.7 Å². The van der Waals surface area contributed by atoms with E-state index in [1.54, 1.807) is 0 Å². The molecule has 0 saturated carbocycles. The van der Waals surface area contributed by atoms with Gasteiger partial charge in [-0.15, -0.1) is 0 Å². The van der Waals surface area contributed by atoms with Crippen molar-refractivity contribution in [2.45, 2.75) is 113 Å². The highest BCUT2D eigenvalue weighted by atomic mass is 35.5. The predicted molar refractivity (Wildman–Crippen MR) is 181 cm³/mol. The van der Waals surface area contributed by atoms with Gasteiger partial charge in [0.2, 0.25) is 11.8 Å². The maximum Gasteiger partial charge on any atom is 0.227 e. The molecule has 4 rings (SSSR count). The van der Waals surface area contributed by atoms with Crippen LogP contribution in [0.2, 0.25) is 5.02 Å². The summed E-state index contributed by atoms with van der Waals surface area (Å²) in [5.74, 6) is 0.0499. The van der Waals surface area contributed by atoms with E-state index < -0.39 is 11.6 Å².